The molecule has 0 bridgehead atoms. The van der Waals surface area contributed by atoms with Crippen LogP contribution >= 0.6 is 0 Å². The molecule has 170 valence electrons. The standard InChI is InChI=1S/C24H27N7O2/c1-29-10-12-30(13-11-29)18-5-7-20(22(14-18)32-2)27-24-26-16-19-6-8-21(31(19)28-24)17-4-9-23(33-3)25-15-17/h4-9,14-16H,10-13H2,1-3H3,(H,27,28). The second kappa shape index (κ2) is 8.95. The molecule has 9 nitrogen and oxygen atoms in total. The van der Waals surface area contributed by atoms with Gasteiger partial charge < -0.3 is 24.6 Å². The second-order valence-electron chi connectivity index (χ2n) is 8.03. The molecule has 1 N–H and O–H groups in total. The van der Waals surface area contributed by atoms with Crippen molar-refractivity contribution in [3.63, 3.8) is 0 Å². The lowest BCUT2D eigenvalue weighted by Crippen LogP contribution is -2.44. The van der Waals surface area contributed by atoms with Crippen molar-refractivity contribution in [2.45, 2.75) is 0 Å². The van der Waals surface area contributed by atoms with Crippen molar-refractivity contribution in [1.29, 1.82) is 0 Å². The highest BCUT2D eigenvalue weighted by atomic mass is 16.5. The molecule has 5 rings (SSSR count). The Morgan fingerprint density at radius 3 is 2.45 bits per heavy atom. The molecule has 33 heavy (non-hydrogen) atoms. The van der Waals surface area contributed by atoms with Gasteiger partial charge in [0.25, 0.3) is 0 Å². The van der Waals surface area contributed by atoms with Crippen LogP contribution in [0, 0.1) is 0 Å². The molecule has 4 aromatic rings. The van der Waals surface area contributed by atoms with Gasteiger partial charge in [-0.3, -0.25) is 0 Å². The number of benzene rings is 1. The van der Waals surface area contributed by atoms with Crippen molar-refractivity contribution in [2.24, 2.45) is 0 Å². The maximum atomic E-state index is 5.68. The summed E-state index contributed by atoms with van der Waals surface area (Å²) in [6, 6.07) is 14.0. The fourth-order valence-electron chi connectivity index (χ4n) is 4.00. The fraction of sp³-hybridized carbons (Fsp3) is 0.292. The van der Waals surface area contributed by atoms with E-state index in [1.807, 2.05) is 34.8 Å². The molecule has 1 aliphatic rings. The number of likely N-dealkylation sites (N-methyl/N-ethyl adjacent to an activating group) is 1. The number of piperazine rings is 1. The van der Waals surface area contributed by atoms with E-state index in [-0.39, 0.29) is 0 Å². The van der Waals surface area contributed by atoms with Gasteiger partial charge in [0.15, 0.2) is 0 Å². The molecular weight excluding hydrogens is 418 g/mol. The number of methoxy groups -OCH3 is 2. The van der Waals surface area contributed by atoms with Crippen LogP contribution in [0.4, 0.5) is 17.3 Å². The predicted octanol–water partition coefficient (Wildman–Crippen LogP) is 3.30. The first-order chi connectivity index (χ1) is 16.1. The van der Waals surface area contributed by atoms with Crippen molar-refractivity contribution >= 4 is 22.8 Å². The first kappa shape index (κ1) is 21.0. The van der Waals surface area contributed by atoms with Crippen LogP contribution in [0.15, 0.2) is 54.9 Å². The van der Waals surface area contributed by atoms with Gasteiger partial charge in [-0.05, 0) is 37.4 Å². The van der Waals surface area contributed by atoms with E-state index in [9.17, 15) is 0 Å². The minimum atomic E-state index is 0.479. The van der Waals surface area contributed by atoms with Gasteiger partial charge in [0, 0.05) is 55.8 Å². The Balaban J connectivity index is 1.41. The summed E-state index contributed by atoms with van der Waals surface area (Å²) in [4.78, 5) is 13.5. The van der Waals surface area contributed by atoms with E-state index in [0.29, 0.717) is 11.8 Å². The van der Waals surface area contributed by atoms with Crippen LogP contribution in [0.25, 0.3) is 16.8 Å². The van der Waals surface area contributed by atoms with Crippen LogP contribution < -0.4 is 19.7 Å². The van der Waals surface area contributed by atoms with Crippen LogP contribution in [-0.4, -0.2) is 71.9 Å². The minimum absolute atomic E-state index is 0.479. The monoisotopic (exact) mass is 445 g/mol. The summed E-state index contributed by atoms with van der Waals surface area (Å²) in [5.41, 5.74) is 4.72. The van der Waals surface area contributed by atoms with Gasteiger partial charge >= 0.3 is 0 Å². The molecule has 0 amide bonds. The van der Waals surface area contributed by atoms with Crippen LogP contribution in [-0.2, 0) is 0 Å². The van der Waals surface area contributed by atoms with Crippen LogP contribution in [0.1, 0.15) is 0 Å². The molecule has 0 atom stereocenters. The molecular formula is C24H27N7O2. The van der Waals surface area contributed by atoms with Gasteiger partial charge in [-0.2, -0.15) is 0 Å². The van der Waals surface area contributed by atoms with E-state index in [1.54, 1.807) is 26.6 Å². The quantitative estimate of drug-likeness (QED) is 0.484. The summed E-state index contributed by atoms with van der Waals surface area (Å²) < 4.78 is 12.7. The van der Waals surface area contributed by atoms with Gasteiger partial charge in [0.05, 0.1) is 37.3 Å². The number of hydrogen-bond acceptors (Lipinski definition) is 8. The zero-order valence-corrected chi connectivity index (χ0v) is 19.0. The molecule has 4 heterocycles. The first-order valence-corrected chi connectivity index (χ1v) is 10.9. The Morgan fingerprint density at radius 1 is 0.879 bits per heavy atom. The lowest BCUT2D eigenvalue weighted by atomic mass is 10.2. The number of ether oxygens (including phenoxy) is 2. The van der Waals surface area contributed by atoms with Crippen molar-refractivity contribution in [1.82, 2.24) is 24.5 Å². The molecule has 9 heteroatoms. The van der Waals surface area contributed by atoms with E-state index < -0.39 is 0 Å². The number of aromatic nitrogens is 4. The highest BCUT2D eigenvalue weighted by molar-refractivity contribution is 5.70. The van der Waals surface area contributed by atoms with Gasteiger partial charge in [0.1, 0.15) is 5.75 Å². The topological polar surface area (TPSA) is 80.0 Å². The normalized spacial score (nSPS) is 14.5. The molecule has 0 spiro atoms. The van der Waals surface area contributed by atoms with E-state index >= 15 is 0 Å². The van der Waals surface area contributed by atoms with Gasteiger partial charge in [-0.1, -0.05) is 0 Å². The van der Waals surface area contributed by atoms with E-state index in [0.717, 1.165) is 60.1 Å². The number of pyridine rings is 1. The van der Waals surface area contributed by atoms with Crippen molar-refractivity contribution in [2.75, 3.05) is 57.7 Å². The number of hydrogen-bond donors (Lipinski definition) is 1. The third kappa shape index (κ3) is 4.27. The molecule has 3 aromatic heterocycles. The average Bonchev–Trinajstić information content (AvgIpc) is 3.28. The molecule has 0 aliphatic carbocycles. The number of nitrogens with one attached hydrogen (secondary N) is 1. The number of rotatable bonds is 6. The third-order valence-electron chi connectivity index (χ3n) is 5.94. The molecule has 1 aliphatic heterocycles. The smallest absolute Gasteiger partial charge is 0.245 e. The minimum Gasteiger partial charge on any atom is -0.494 e. The van der Waals surface area contributed by atoms with Crippen molar-refractivity contribution in [3.8, 4) is 22.9 Å². The number of nitrogens with zero attached hydrogens (tertiary/aromatic N) is 6. The summed E-state index contributed by atoms with van der Waals surface area (Å²) in [7, 11) is 5.44. The fourth-order valence-corrected chi connectivity index (χ4v) is 4.00. The Bertz CT molecular complexity index is 1250. The molecule has 1 saturated heterocycles. The Kier molecular flexibility index (Phi) is 5.70. The summed E-state index contributed by atoms with van der Waals surface area (Å²) >= 11 is 0. The van der Waals surface area contributed by atoms with E-state index in [1.165, 1.54) is 0 Å². The number of anilines is 3. The van der Waals surface area contributed by atoms with Crippen LogP contribution in [0.3, 0.4) is 0 Å². The van der Waals surface area contributed by atoms with Gasteiger partial charge in [0.2, 0.25) is 11.8 Å². The Labute approximate surface area is 192 Å². The Morgan fingerprint density at radius 2 is 1.73 bits per heavy atom. The summed E-state index contributed by atoms with van der Waals surface area (Å²) in [6.45, 7) is 4.11. The van der Waals surface area contributed by atoms with Gasteiger partial charge in [-0.25, -0.2) is 14.5 Å². The lowest BCUT2D eigenvalue weighted by Gasteiger charge is -2.34. The maximum absolute atomic E-state index is 5.68. The molecule has 0 unspecified atom stereocenters. The largest absolute Gasteiger partial charge is 0.494 e. The number of fused-ring (bicyclic) bond motifs is 1. The van der Waals surface area contributed by atoms with E-state index in [4.69, 9.17) is 14.6 Å². The summed E-state index contributed by atoms with van der Waals surface area (Å²) in [5.74, 6) is 1.80. The zero-order chi connectivity index (χ0) is 22.8. The van der Waals surface area contributed by atoms with Gasteiger partial charge in [-0.15, -0.1) is 5.10 Å². The van der Waals surface area contributed by atoms with Crippen molar-refractivity contribution < 1.29 is 9.47 Å². The van der Waals surface area contributed by atoms with Crippen LogP contribution in [0.5, 0.6) is 11.6 Å². The van der Waals surface area contributed by atoms with E-state index in [2.05, 4.69) is 44.3 Å². The first-order valence-electron chi connectivity index (χ1n) is 10.9. The Hall–Kier alpha value is -3.85. The highest BCUT2D eigenvalue weighted by Crippen LogP contribution is 2.32. The van der Waals surface area contributed by atoms with Crippen LogP contribution in [0.2, 0.25) is 0 Å². The lowest BCUT2D eigenvalue weighted by molar-refractivity contribution is 0.312. The predicted molar refractivity (Wildman–Crippen MR) is 129 cm³/mol. The third-order valence-corrected chi connectivity index (χ3v) is 5.94. The SMILES string of the molecule is COc1ccc(-c2ccc3cnc(Nc4ccc(N5CCN(C)CC5)cc4OC)nn23)cn1. The molecule has 1 fully saturated rings. The molecule has 1 aromatic carbocycles. The van der Waals surface area contributed by atoms with Crippen molar-refractivity contribution in [3.05, 3.63) is 54.9 Å². The second-order valence-corrected chi connectivity index (χ2v) is 8.03. The summed E-state index contributed by atoms with van der Waals surface area (Å²) in [5, 5.41) is 8.02. The molecule has 0 radical (unpaired) electrons. The average molecular weight is 446 g/mol. The molecule has 0 saturated carbocycles. The summed E-state index contributed by atoms with van der Waals surface area (Å²) in [6.07, 6.45) is 3.57. The maximum Gasteiger partial charge on any atom is 0.245 e. The zero-order valence-electron chi connectivity index (χ0n) is 19.0. The highest BCUT2D eigenvalue weighted by Gasteiger charge is 2.16.